The van der Waals surface area contributed by atoms with Gasteiger partial charge in [0.05, 0.1) is 0 Å². The molecule has 19 heavy (non-hydrogen) atoms. The van der Waals surface area contributed by atoms with Crippen LogP contribution >= 0.6 is 11.3 Å². The van der Waals surface area contributed by atoms with Gasteiger partial charge in [-0.1, -0.05) is 29.5 Å². The van der Waals surface area contributed by atoms with Gasteiger partial charge in [0.1, 0.15) is 6.33 Å². The van der Waals surface area contributed by atoms with E-state index in [0.717, 1.165) is 12.1 Å². The van der Waals surface area contributed by atoms with Crippen LogP contribution < -0.4 is 4.90 Å². The van der Waals surface area contributed by atoms with E-state index in [1.165, 1.54) is 27.7 Å². The van der Waals surface area contributed by atoms with Crippen molar-refractivity contribution in [1.29, 1.82) is 0 Å². The number of aromatic nitrogens is 4. The maximum Gasteiger partial charge on any atom is 0.289 e. The molecule has 6 nitrogen and oxygen atoms in total. The number of fused-ring (bicyclic) bond motifs is 2. The van der Waals surface area contributed by atoms with E-state index >= 15 is 0 Å². The minimum absolute atomic E-state index is 0.0690. The van der Waals surface area contributed by atoms with E-state index in [1.54, 1.807) is 4.90 Å². The average Bonchev–Trinajstić information content (AvgIpc) is 3.11. The number of hydrogen-bond acceptors (Lipinski definition) is 5. The molecule has 4 rings (SSSR count). The highest BCUT2D eigenvalue weighted by Gasteiger charge is 2.27. The normalized spacial score (nSPS) is 14.0. The molecule has 1 aliphatic heterocycles. The number of anilines is 1. The van der Waals surface area contributed by atoms with Gasteiger partial charge >= 0.3 is 0 Å². The van der Waals surface area contributed by atoms with Crippen molar-refractivity contribution in [3.05, 3.63) is 41.2 Å². The largest absolute Gasteiger partial charge is 0.306 e. The summed E-state index contributed by atoms with van der Waals surface area (Å²) in [4.78, 5) is 14.9. The van der Waals surface area contributed by atoms with Crippen molar-refractivity contribution < 1.29 is 4.79 Å². The van der Waals surface area contributed by atoms with E-state index in [9.17, 15) is 4.79 Å². The van der Waals surface area contributed by atoms with E-state index in [-0.39, 0.29) is 5.91 Å². The number of para-hydroxylation sites is 1. The maximum absolute atomic E-state index is 12.5. The number of carbonyl (C=O) groups excluding carboxylic acids is 1. The molecule has 2 aromatic heterocycles. The molecule has 0 radical (unpaired) electrons. The molecule has 94 valence electrons. The Bertz CT molecular complexity index is 749. The minimum atomic E-state index is -0.0690. The molecule has 1 aliphatic rings. The fraction of sp³-hybridized carbons (Fsp3) is 0.167. The maximum atomic E-state index is 12.5. The summed E-state index contributed by atoms with van der Waals surface area (Å²) in [6.45, 7) is 0.707. The molecular formula is C12H9N5OS. The quantitative estimate of drug-likeness (QED) is 0.671. The van der Waals surface area contributed by atoms with Crippen LogP contribution in [0.25, 0.3) is 4.96 Å². The van der Waals surface area contributed by atoms with Crippen molar-refractivity contribution >= 4 is 27.9 Å². The van der Waals surface area contributed by atoms with Gasteiger partial charge in [-0.2, -0.15) is 4.52 Å². The summed E-state index contributed by atoms with van der Waals surface area (Å²) in [6, 6.07) is 7.97. The summed E-state index contributed by atoms with van der Waals surface area (Å²) >= 11 is 1.26. The molecular weight excluding hydrogens is 262 g/mol. The predicted octanol–water partition coefficient (Wildman–Crippen LogP) is 1.39. The van der Waals surface area contributed by atoms with Gasteiger partial charge in [0.2, 0.25) is 9.97 Å². The standard InChI is InChI=1S/C12H9N5OS/c18-11(10-15-17-7-13-14-12(17)19-10)16-6-5-8-3-1-2-4-9(8)16/h1-4,7H,5-6H2. The molecule has 7 heteroatoms. The lowest BCUT2D eigenvalue weighted by Crippen LogP contribution is -2.28. The van der Waals surface area contributed by atoms with Gasteiger partial charge in [0.25, 0.3) is 5.91 Å². The highest BCUT2D eigenvalue weighted by atomic mass is 32.1. The summed E-state index contributed by atoms with van der Waals surface area (Å²) in [5, 5.41) is 12.3. The monoisotopic (exact) mass is 271 g/mol. The van der Waals surface area contributed by atoms with Crippen molar-refractivity contribution in [2.24, 2.45) is 0 Å². The molecule has 0 bridgehead atoms. The van der Waals surface area contributed by atoms with E-state index in [4.69, 9.17) is 0 Å². The number of benzene rings is 1. The second kappa shape index (κ2) is 3.86. The van der Waals surface area contributed by atoms with Crippen LogP contribution in [-0.2, 0) is 6.42 Å². The Morgan fingerprint density at radius 1 is 1.32 bits per heavy atom. The van der Waals surface area contributed by atoms with Crippen molar-refractivity contribution in [3.8, 4) is 0 Å². The topological polar surface area (TPSA) is 63.4 Å². The third kappa shape index (κ3) is 1.55. The molecule has 1 amide bonds. The van der Waals surface area contributed by atoms with Crippen molar-refractivity contribution in [2.45, 2.75) is 6.42 Å². The molecule has 1 aromatic carbocycles. The molecule has 3 aromatic rings. The van der Waals surface area contributed by atoms with Crippen molar-refractivity contribution in [3.63, 3.8) is 0 Å². The van der Waals surface area contributed by atoms with Gasteiger partial charge in [-0.25, -0.2) is 0 Å². The van der Waals surface area contributed by atoms with Crippen LogP contribution in [0.3, 0.4) is 0 Å². The molecule has 3 heterocycles. The fourth-order valence-electron chi connectivity index (χ4n) is 2.31. The molecule has 0 atom stereocenters. The summed E-state index contributed by atoms with van der Waals surface area (Å²) in [6.07, 6.45) is 2.40. The van der Waals surface area contributed by atoms with Gasteiger partial charge in [-0.15, -0.1) is 15.3 Å². The van der Waals surface area contributed by atoms with Gasteiger partial charge in [0.15, 0.2) is 0 Å². The lowest BCUT2D eigenvalue weighted by Gasteiger charge is -2.14. The Morgan fingerprint density at radius 3 is 3.11 bits per heavy atom. The van der Waals surface area contributed by atoms with Crippen LogP contribution in [0.1, 0.15) is 15.4 Å². The summed E-state index contributed by atoms with van der Waals surface area (Å²) in [7, 11) is 0. The van der Waals surface area contributed by atoms with Crippen LogP contribution in [0.15, 0.2) is 30.6 Å². The van der Waals surface area contributed by atoms with Crippen molar-refractivity contribution in [1.82, 2.24) is 19.8 Å². The number of hydrogen-bond donors (Lipinski definition) is 0. The molecule has 0 saturated carbocycles. The highest BCUT2D eigenvalue weighted by molar-refractivity contribution is 7.18. The average molecular weight is 271 g/mol. The SMILES string of the molecule is O=C(c1nn2cnnc2s1)N1CCc2ccccc21. The van der Waals surface area contributed by atoms with Crippen molar-refractivity contribution in [2.75, 3.05) is 11.4 Å². The molecule has 0 fully saturated rings. The third-order valence-electron chi connectivity index (χ3n) is 3.20. The van der Waals surface area contributed by atoms with E-state index < -0.39 is 0 Å². The summed E-state index contributed by atoms with van der Waals surface area (Å²) < 4.78 is 1.53. The predicted molar refractivity (Wildman–Crippen MR) is 70.5 cm³/mol. The lowest BCUT2D eigenvalue weighted by atomic mass is 10.2. The van der Waals surface area contributed by atoms with Crippen LogP contribution in [0.4, 0.5) is 5.69 Å². The van der Waals surface area contributed by atoms with E-state index in [2.05, 4.69) is 21.4 Å². The zero-order chi connectivity index (χ0) is 12.8. The Morgan fingerprint density at radius 2 is 2.21 bits per heavy atom. The highest BCUT2D eigenvalue weighted by Crippen LogP contribution is 2.29. The van der Waals surface area contributed by atoms with E-state index in [1.807, 2.05) is 18.2 Å². The molecule has 0 aliphatic carbocycles. The summed E-state index contributed by atoms with van der Waals surface area (Å²) in [5.41, 5.74) is 2.19. The van der Waals surface area contributed by atoms with Gasteiger partial charge in [-0.3, -0.25) is 4.79 Å². The number of carbonyl (C=O) groups is 1. The van der Waals surface area contributed by atoms with Gasteiger partial charge < -0.3 is 4.90 Å². The second-order valence-electron chi connectivity index (χ2n) is 4.30. The van der Waals surface area contributed by atoms with E-state index in [0.29, 0.717) is 16.5 Å². The molecule has 0 spiro atoms. The Kier molecular flexibility index (Phi) is 2.16. The smallest absolute Gasteiger partial charge is 0.289 e. The van der Waals surface area contributed by atoms with Gasteiger partial charge in [0, 0.05) is 12.2 Å². The van der Waals surface area contributed by atoms with Crippen LogP contribution in [-0.4, -0.2) is 32.3 Å². The number of amides is 1. The Labute approximate surface area is 112 Å². The fourth-order valence-corrected chi connectivity index (χ4v) is 3.08. The molecule has 0 saturated heterocycles. The minimum Gasteiger partial charge on any atom is -0.306 e. The first kappa shape index (κ1) is 10.6. The van der Waals surface area contributed by atoms with Crippen LogP contribution in [0.2, 0.25) is 0 Å². The first-order chi connectivity index (χ1) is 9.33. The number of nitrogens with zero attached hydrogens (tertiary/aromatic N) is 5. The second-order valence-corrected chi connectivity index (χ2v) is 5.26. The first-order valence-electron chi connectivity index (χ1n) is 5.89. The molecule has 0 N–H and O–H groups in total. The Hall–Kier alpha value is -2.28. The molecule has 0 unspecified atom stereocenters. The zero-order valence-corrected chi connectivity index (χ0v) is 10.7. The van der Waals surface area contributed by atoms with Gasteiger partial charge in [-0.05, 0) is 18.1 Å². The zero-order valence-electron chi connectivity index (χ0n) is 9.85. The lowest BCUT2D eigenvalue weighted by molar-refractivity contribution is 0.0988. The summed E-state index contributed by atoms with van der Waals surface area (Å²) in [5.74, 6) is -0.0690. The van der Waals surface area contributed by atoms with Crippen LogP contribution in [0.5, 0.6) is 0 Å². The first-order valence-corrected chi connectivity index (χ1v) is 6.71. The number of rotatable bonds is 1. The van der Waals surface area contributed by atoms with Crippen LogP contribution in [0, 0.1) is 0 Å². The Balaban J connectivity index is 1.73. The third-order valence-corrected chi connectivity index (χ3v) is 4.10.